The average molecular weight is 440 g/mol. The van der Waals surface area contributed by atoms with Crippen molar-refractivity contribution in [3.63, 3.8) is 0 Å². The fourth-order valence-electron chi connectivity index (χ4n) is 3.90. The van der Waals surface area contributed by atoms with Crippen molar-refractivity contribution >= 4 is 29.1 Å². The van der Waals surface area contributed by atoms with Gasteiger partial charge in [-0.15, -0.1) is 11.3 Å². The van der Waals surface area contributed by atoms with Gasteiger partial charge in [0.2, 0.25) is 0 Å². The number of nitrogens with one attached hydrogen (secondary N) is 1. The molecule has 2 aromatic heterocycles. The van der Waals surface area contributed by atoms with Crippen molar-refractivity contribution in [2.75, 3.05) is 6.54 Å². The summed E-state index contributed by atoms with van der Waals surface area (Å²) < 4.78 is 15.1. The van der Waals surface area contributed by atoms with E-state index in [9.17, 15) is 18.8 Å². The number of carbonyl (C=O) groups is 3. The van der Waals surface area contributed by atoms with Gasteiger partial charge in [0.15, 0.2) is 11.3 Å². The van der Waals surface area contributed by atoms with Crippen LogP contribution in [-0.2, 0) is 16.9 Å². The largest absolute Gasteiger partial charge is 0.344 e. The second-order valence-electron chi connectivity index (χ2n) is 7.84. The highest BCUT2D eigenvalue weighted by Crippen LogP contribution is 2.32. The number of aryl methyl sites for hydroxylation is 1. The quantitative estimate of drug-likeness (QED) is 0.466. The summed E-state index contributed by atoms with van der Waals surface area (Å²) in [5.74, 6) is -1.05. The zero-order valence-electron chi connectivity index (χ0n) is 17.4. The fraction of sp³-hybridized carbons (Fsp3) is 0.261. The Bertz CT molecular complexity index is 1170. The number of ketones is 1. The minimum absolute atomic E-state index is 0.302. The van der Waals surface area contributed by atoms with Gasteiger partial charge < -0.3 is 9.88 Å². The number of rotatable bonds is 6. The van der Waals surface area contributed by atoms with Crippen molar-refractivity contribution in [2.45, 2.75) is 32.9 Å². The van der Waals surface area contributed by atoms with Crippen LogP contribution in [0.25, 0.3) is 0 Å². The number of benzene rings is 1. The smallest absolute Gasteiger partial charge is 0.325 e. The van der Waals surface area contributed by atoms with Gasteiger partial charge in [-0.25, -0.2) is 9.18 Å². The molecule has 0 aliphatic carbocycles. The maximum absolute atomic E-state index is 13.2. The molecular formula is C23H22FN3O3S. The molecule has 3 heterocycles. The zero-order valence-corrected chi connectivity index (χ0v) is 18.3. The number of hydrogen-bond donors (Lipinski definition) is 1. The van der Waals surface area contributed by atoms with Crippen LogP contribution in [0.1, 0.15) is 39.1 Å². The van der Waals surface area contributed by atoms with Crippen molar-refractivity contribution in [2.24, 2.45) is 0 Å². The number of amides is 3. The zero-order chi connectivity index (χ0) is 22.3. The molecule has 160 valence electrons. The van der Waals surface area contributed by atoms with E-state index in [2.05, 4.69) is 5.32 Å². The van der Waals surface area contributed by atoms with E-state index in [-0.39, 0.29) is 18.1 Å². The molecule has 4 rings (SSSR count). The molecule has 1 aliphatic heterocycles. The summed E-state index contributed by atoms with van der Waals surface area (Å²) in [6.07, 6.45) is 0. The van der Waals surface area contributed by atoms with Gasteiger partial charge in [-0.05, 0) is 56.0 Å². The van der Waals surface area contributed by atoms with Crippen molar-refractivity contribution in [3.05, 3.63) is 81.1 Å². The highest BCUT2D eigenvalue weighted by Gasteiger charge is 2.50. The molecule has 0 radical (unpaired) electrons. The topological polar surface area (TPSA) is 71.4 Å². The monoisotopic (exact) mass is 439 g/mol. The number of carbonyl (C=O) groups excluding carboxylic acids is 3. The van der Waals surface area contributed by atoms with Gasteiger partial charge in [0.05, 0.1) is 6.54 Å². The first-order valence-electron chi connectivity index (χ1n) is 9.83. The van der Waals surface area contributed by atoms with Gasteiger partial charge in [0.1, 0.15) is 5.82 Å². The van der Waals surface area contributed by atoms with Crippen molar-refractivity contribution in [1.29, 1.82) is 0 Å². The van der Waals surface area contributed by atoms with E-state index in [1.165, 1.54) is 23.5 Å². The SMILES string of the molecule is Cc1cc(C(=O)CN2C(=O)NC(C)(c3cccs3)C2=O)c(C)n1Cc1ccc(F)cc1. The van der Waals surface area contributed by atoms with E-state index in [1.807, 2.05) is 29.9 Å². The Balaban J connectivity index is 1.55. The van der Waals surface area contributed by atoms with Gasteiger partial charge in [-0.3, -0.25) is 14.5 Å². The lowest BCUT2D eigenvalue weighted by Gasteiger charge is -2.19. The normalized spacial score (nSPS) is 18.5. The molecule has 1 aromatic carbocycles. The number of imide groups is 1. The van der Waals surface area contributed by atoms with E-state index in [0.717, 1.165) is 26.7 Å². The van der Waals surface area contributed by atoms with Crippen LogP contribution < -0.4 is 5.32 Å². The molecule has 1 fully saturated rings. The minimum atomic E-state index is -1.16. The predicted octanol–water partition coefficient (Wildman–Crippen LogP) is 4.00. The van der Waals surface area contributed by atoms with Gasteiger partial charge in [0, 0.05) is 28.4 Å². The molecule has 8 heteroatoms. The fourth-order valence-corrected chi connectivity index (χ4v) is 4.73. The lowest BCUT2D eigenvalue weighted by atomic mass is 10.0. The Kier molecular flexibility index (Phi) is 5.26. The van der Waals surface area contributed by atoms with E-state index < -0.39 is 17.5 Å². The van der Waals surface area contributed by atoms with E-state index in [4.69, 9.17) is 0 Å². The number of nitrogens with zero attached hydrogens (tertiary/aromatic N) is 2. The lowest BCUT2D eigenvalue weighted by molar-refractivity contribution is -0.130. The van der Waals surface area contributed by atoms with Crippen LogP contribution in [0.15, 0.2) is 47.8 Å². The van der Waals surface area contributed by atoms with Crippen LogP contribution in [0.2, 0.25) is 0 Å². The summed E-state index contributed by atoms with van der Waals surface area (Å²) in [6.45, 7) is 5.52. The van der Waals surface area contributed by atoms with Gasteiger partial charge in [0.25, 0.3) is 5.91 Å². The molecule has 31 heavy (non-hydrogen) atoms. The second-order valence-corrected chi connectivity index (χ2v) is 8.79. The first kappa shape index (κ1) is 21.0. The molecule has 0 spiro atoms. The third-order valence-electron chi connectivity index (χ3n) is 5.72. The van der Waals surface area contributed by atoms with Gasteiger partial charge in [-0.2, -0.15) is 0 Å². The van der Waals surface area contributed by atoms with E-state index in [1.54, 1.807) is 31.2 Å². The standard InChI is InChI=1S/C23H22FN3O3S/c1-14-11-18(15(2)26(14)12-16-6-8-17(24)9-7-16)19(28)13-27-21(29)23(3,25-22(27)30)20-5-4-10-31-20/h4-11H,12-13H2,1-3H3,(H,25,30). The highest BCUT2D eigenvalue weighted by molar-refractivity contribution is 7.10. The van der Waals surface area contributed by atoms with Gasteiger partial charge >= 0.3 is 6.03 Å². The Hall–Kier alpha value is -3.26. The summed E-state index contributed by atoms with van der Waals surface area (Å²) in [5.41, 5.74) is 1.81. The average Bonchev–Trinajstić information content (AvgIpc) is 3.42. The van der Waals surface area contributed by atoms with Crippen LogP contribution in [0.4, 0.5) is 9.18 Å². The number of urea groups is 1. The number of hydrogen-bond acceptors (Lipinski definition) is 4. The third kappa shape index (κ3) is 3.67. The minimum Gasteiger partial charge on any atom is -0.344 e. The number of Topliss-reactive ketones (excluding diaryl/α,β-unsaturated/α-hetero) is 1. The number of aromatic nitrogens is 1. The first-order valence-corrected chi connectivity index (χ1v) is 10.7. The molecule has 1 saturated heterocycles. The van der Waals surface area contributed by atoms with Crippen LogP contribution in [0.3, 0.4) is 0 Å². The van der Waals surface area contributed by atoms with E-state index >= 15 is 0 Å². The Morgan fingerprint density at radius 2 is 1.87 bits per heavy atom. The molecule has 1 aliphatic rings. The molecule has 1 N–H and O–H groups in total. The number of halogens is 1. The third-order valence-corrected chi connectivity index (χ3v) is 6.81. The second kappa shape index (κ2) is 7.77. The summed E-state index contributed by atoms with van der Waals surface area (Å²) in [4.78, 5) is 40.2. The van der Waals surface area contributed by atoms with E-state index in [0.29, 0.717) is 12.1 Å². The summed E-state index contributed by atoms with van der Waals surface area (Å²) >= 11 is 1.38. The molecule has 3 aromatic rings. The molecule has 6 nitrogen and oxygen atoms in total. The molecule has 0 bridgehead atoms. The molecule has 1 atom stereocenters. The number of thiophene rings is 1. The first-order chi connectivity index (χ1) is 14.7. The maximum Gasteiger partial charge on any atom is 0.325 e. The Labute approximate surface area is 183 Å². The summed E-state index contributed by atoms with van der Waals surface area (Å²) in [6, 6.07) is 11.0. The van der Waals surface area contributed by atoms with Crippen molar-refractivity contribution < 1.29 is 18.8 Å². The van der Waals surface area contributed by atoms with Crippen molar-refractivity contribution in [3.8, 4) is 0 Å². The van der Waals surface area contributed by atoms with Crippen LogP contribution in [0, 0.1) is 19.7 Å². The van der Waals surface area contributed by atoms with Crippen LogP contribution in [-0.4, -0.2) is 33.7 Å². The molecular weight excluding hydrogens is 417 g/mol. The van der Waals surface area contributed by atoms with Crippen molar-refractivity contribution in [1.82, 2.24) is 14.8 Å². The summed E-state index contributed by atoms with van der Waals surface area (Å²) in [5, 5.41) is 4.55. The summed E-state index contributed by atoms with van der Waals surface area (Å²) in [7, 11) is 0. The maximum atomic E-state index is 13.2. The molecule has 0 saturated carbocycles. The highest BCUT2D eigenvalue weighted by atomic mass is 32.1. The predicted molar refractivity (Wildman–Crippen MR) is 116 cm³/mol. The Morgan fingerprint density at radius 3 is 2.52 bits per heavy atom. The Morgan fingerprint density at radius 1 is 1.16 bits per heavy atom. The van der Waals surface area contributed by atoms with Crippen LogP contribution >= 0.6 is 11.3 Å². The lowest BCUT2D eigenvalue weighted by Crippen LogP contribution is -2.40. The van der Waals surface area contributed by atoms with Crippen LogP contribution in [0.5, 0.6) is 0 Å². The molecule has 1 unspecified atom stereocenters. The molecule has 3 amide bonds. The van der Waals surface area contributed by atoms with Gasteiger partial charge in [-0.1, -0.05) is 18.2 Å².